The monoisotopic (exact) mass is 556 g/mol. The van der Waals surface area contributed by atoms with E-state index < -0.39 is 24.1 Å². The van der Waals surface area contributed by atoms with E-state index in [4.69, 9.17) is 9.15 Å². The van der Waals surface area contributed by atoms with E-state index in [1.54, 1.807) is 42.4 Å². The molecule has 1 aromatic heterocycles. The lowest BCUT2D eigenvalue weighted by Crippen LogP contribution is -2.54. The van der Waals surface area contributed by atoms with E-state index in [9.17, 15) is 19.5 Å². The minimum absolute atomic E-state index is 0.0353. The molecule has 1 saturated heterocycles. The van der Waals surface area contributed by atoms with Crippen LogP contribution in [-0.4, -0.2) is 75.4 Å². The third-order valence-corrected chi connectivity index (χ3v) is 7.06. The van der Waals surface area contributed by atoms with Gasteiger partial charge < -0.3 is 29.4 Å². The first-order chi connectivity index (χ1) is 18.7. The Morgan fingerprint density at radius 2 is 1.88 bits per heavy atom. The lowest BCUT2D eigenvalue weighted by atomic mass is 9.94. The largest absolute Gasteiger partial charge is 0.483 e. The quantitative estimate of drug-likeness (QED) is 0.459. The number of nitrogens with one attached hydrogen (secondary N) is 1. The molecule has 1 aromatic carbocycles. The second-order valence-corrected chi connectivity index (χ2v) is 12.2. The second-order valence-electron chi connectivity index (χ2n) is 12.2. The van der Waals surface area contributed by atoms with Crippen molar-refractivity contribution in [3.8, 4) is 5.75 Å². The number of hydrogen-bond acceptors (Lipinski definition) is 7. The number of aliphatic hydroxyl groups is 1. The van der Waals surface area contributed by atoms with E-state index in [1.165, 1.54) is 4.90 Å². The molecule has 10 heteroatoms. The van der Waals surface area contributed by atoms with Gasteiger partial charge in [0.15, 0.2) is 6.61 Å². The molecule has 10 nitrogen and oxygen atoms in total. The van der Waals surface area contributed by atoms with Crippen molar-refractivity contribution in [2.75, 3.05) is 13.6 Å². The summed E-state index contributed by atoms with van der Waals surface area (Å²) in [6, 6.07) is 5.06. The van der Waals surface area contributed by atoms with Crippen LogP contribution < -0.4 is 10.1 Å². The van der Waals surface area contributed by atoms with Crippen molar-refractivity contribution in [1.29, 1.82) is 0 Å². The number of likely N-dealkylation sites (tertiary alicyclic amines) is 1. The first-order valence-electron chi connectivity index (χ1n) is 13.9. The summed E-state index contributed by atoms with van der Waals surface area (Å²) in [6.45, 7) is 13.8. The first-order valence-corrected chi connectivity index (χ1v) is 13.9. The zero-order valence-corrected chi connectivity index (χ0v) is 24.9. The molecule has 3 rings (SSSR count). The molecule has 1 fully saturated rings. The third-order valence-electron chi connectivity index (χ3n) is 7.06. The normalized spacial score (nSPS) is 18.2. The number of nitrogens with zero attached hydrogens (tertiary/aromatic N) is 3. The van der Waals surface area contributed by atoms with Crippen molar-refractivity contribution in [1.82, 2.24) is 20.1 Å². The lowest BCUT2D eigenvalue weighted by Gasteiger charge is -2.32. The van der Waals surface area contributed by atoms with E-state index in [2.05, 4.69) is 10.3 Å². The molecule has 40 heavy (non-hydrogen) atoms. The number of amides is 3. The van der Waals surface area contributed by atoms with Crippen LogP contribution in [0.2, 0.25) is 0 Å². The Hall–Kier alpha value is -3.40. The van der Waals surface area contributed by atoms with Gasteiger partial charge >= 0.3 is 0 Å². The Morgan fingerprint density at radius 3 is 2.48 bits per heavy atom. The summed E-state index contributed by atoms with van der Waals surface area (Å²) in [5, 5.41) is 13.2. The van der Waals surface area contributed by atoms with Crippen LogP contribution in [0.5, 0.6) is 5.75 Å². The second kappa shape index (κ2) is 12.8. The molecule has 220 valence electrons. The maximum Gasteiger partial charge on any atom is 0.255 e. The molecule has 0 bridgehead atoms. The number of rotatable bonds is 10. The number of carbonyl (C=O) groups excluding carboxylic acids is 3. The van der Waals surface area contributed by atoms with Gasteiger partial charge in [0.25, 0.3) is 5.91 Å². The average Bonchev–Trinajstić information content (AvgIpc) is 3.52. The van der Waals surface area contributed by atoms with Gasteiger partial charge in [-0.25, -0.2) is 4.98 Å². The van der Waals surface area contributed by atoms with Crippen molar-refractivity contribution in [2.45, 2.75) is 97.6 Å². The Bertz CT molecular complexity index is 1180. The third kappa shape index (κ3) is 7.62. The molecule has 1 aliphatic heterocycles. The number of aromatic nitrogens is 1. The number of likely N-dealkylation sites (N-methyl/N-ethyl adjacent to an activating group) is 1. The maximum absolute atomic E-state index is 13.8. The van der Waals surface area contributed by atoms with Crippen LogP contribution in [0.1, 0.15) is 83.3 Å². The van der Waals surface area contributed by atoms with Crippen molar-refractivity contribution in [3.63, 3.8) is 0 Å². The van der Waals surface area contributed by atoms with Gasteiger partial charge in [0, 0.05) is 31.5 Å². The number of hydrogen-bond donors (Lipinski definition) is 2. The molecule has 2 N–H and O–H groups in total. The van der Waals surface area contributed by atoms with Crippen molar-refractivity contribution in [2.24, 2.45) is 5.92 Å². The van der Waals surface area contributed by atoms with Crippen molar-refractivity contribution in [3.05, 3.63) is 47.7 Å². The van der Waals surface area contributed by atoms with Gasteiger partial charge in [-0.1, -0.05) is 46.8 Å². The van der Waals surface area contributed by atoms with Gasteiger partial charge in [-0.05, 0) is 38.3 Å². The molecule has 3 amide bonds. The summed E-state index contributed by atoms with van der Waals surface area (Å²) in [6.07, 6.45) is 1.40. The molecule has 1 aliphatic rings. The standard InChI is InChI=1S/C30H44N4O6/c1-18(2)13-22(28(37)34-16-20(35)14-23(34)29(38)33(8)19(3)4)32-27(36)21-11-9-10-12-24(21)39-17-26-31-15-25(40-26)30(5,6)7/h9-12,15,18-20,22-23,35H,13-14,16-17H2,1-8H3,(H,32,36)/t20-,22-,23+/m1/s1. The fourth-order valence-electron chi connectivity index (χ4n) is 4.55. The summed E-state index contributed by atoms with van der Waals surface area (Å²) in [5.41, 5.74) is 0.0699. The van der Waals surface area contributed by atoms with Gasteiger partial charge in [0.05, 0.1) is 17.9 Å². The lowest BCUT2D eigenvalue weighted by molar-refractivity contribution is -0.145. The minimum Gasteiger partial charge on any atom is -0.483 e. The smallest absolute Gasteiger partial charge is 0.255 e. The van der Waals surface area contributed by atoms with Crippen LogP contribution in [-0.2, 0) is 21.6 Å². The molecule has 0 radical (unpaired) electrons. The van der Waals surface area contributed by atoms with Gasteiger partial charge in [-0.2, -0.15) is 0 Å². The van der Waals surface area contributed by atoms with Crippen molar-refractivity contribution < 1.29 is 28.6 Å². The topological polar surface area (TPSA) is 125 Å². The predicted molar refractivity (Wildman–Crippen MR) is 151 cm³/mol. The van der Waals surface area contributed by atoms with E-state index in [-0.39, 0.29) is 54.3 Å². The van der Waals surface area contributed by atoms with E-state index in [0.717, 1.165) is 5.76 Å². The number of benzene rings is 1. The highest BCUT2D eigenvalue weighted by atomic mass is 16.5. The number of aliphatic hydroxyl groups excluding tert-OH is 1. The summed E-state index contributed by atoms with van der Waals surface area (Å²) >= 11 is 0. The van der Waals surface area contributed by atoms with Crippen LogP contribution in [0, 0.1) is 5.92 Å². The highest BCUT2D eigenvalue weighted by molar-refractivity contribution is 6.00. The number of para-hydroxylation sites is 1. The predicted octanol–water partition coefficient (Wildman–Crippen LogP) is 3.52. The SMILES string of the molecule is CC(C)C[C@@H](NC(=O)c1ccccc1OCc1ncc(C(C)(C)C)o1)C(=O)N1C[C@H](O)C[C@H]1C(=O)N(C)C(C)C. The van der Waals surface area contributed by atoms with E-state index in [0.29, 0.717) is 18.1 Å². The fourth-order valence-corrected chi connectivity index (χ4v) is 4.55. The summed E-state index contributed by atoms with van der Waals surface area (Å²) in [7, 11) is 1.69. The van der Waals surface area contributed by atoms with Crippen molar-refractivity contribution >= 4 is 17.7 Å². The highest BCUT2D eigenvalue weighted by Gasteiger charge is 2.43. The molecule has 0 unspecified atom stereocenters. The number of ether oxygens (including phenoxy) is 1. The summed E-state index contributed by atoms with van der Waals surface area (Å²) in [5.74, 6) is 0.450. The number of β-amino-alcohol motifs (C(OH)–C–C–N with tert-alkyl or cyclic N) is 1. The zero-order valence-electron chi connectivity index (χ0n) is 24.9. The van der Waals surface area contributed by atoms with Gasteiger partial charge in [0.1, 0.15) is 23.6 Å². The molecular weight excluding hydrogens is 512 g/mol. The molecule has 2 aromatic rings. The van der Waals surface area contributed by atoms with Crippen LogP contribution in [0.25, 0.3) is 0 Å². The molecular formula is C30H44N4O6. The fraction of sp³-hybridized carbons (Fsp3) is 0.600. The number of carbonyl (C=O) groups is 3. The summed E-state index contributed by atoms with van der Waals surface area (Å²) < 4.78 is 11.7. The summed E-state index contributed by atoms with van der Waals surface area (Å²) in [4.78, 5) is 47.6. The minimum atomic E-state index is -0.883. The van der Waals surface area contributed by atoms with E-state index >= 15 is 0 Å². The van der Waals surface area contributed by atoms with Crippen LogP contribution in [0.4, 0.5) is 0 Å². The Kier molecular flexibility index (Phi) is 10.00. The van der Waals surface area contributed by atoms with Gasteiger partial charge in [-0.3, -0.25) is 14.4 Å². The Labute approximate surface area is 237 Å². The Balaban J connectivity index is 1.78. The average molecular weight is 557 g/mol. The number of oxazole rings is 1. The van der Waals surface area contributed by atoms with Crippen LogP contribution >= 0.6 is 0 Å². The Morgan fingerprint density at radius 1 is 1.20 bits per heavy atom. The van der Waals surface area contributed by atoms with Crippen LogP contribution in [0.15, 0.2) is 34.9 Å². The maximum atomic E-state index is 13.8. The molecule has 0 saturated carbocycles. The van der Waals surface area contributed by atoms with Gasteiger partial charge in [0.2, 0.25) is 17.7 Å². The first kappa shape index (κ1) is 31.1. The van der Waals surface area contributed by atoms with Gasteiger partial charge in [-0.15, -0.1) is 0 Å². The molecule has 0 aliphatic carbocycles. The van der Waals surface area contributed by atoms with E-state index in [1.807, 2.05) is 48.5 Å². The molecule has 0 spiro atoms. The highest BCUT2D eigenvalue weighted by Crippen LogP contribution is 2.26. The molecule has 3 atom stereocenters. The zero-order chi connectivity index (χ0) is 29.8. The molecule has 2 heterocycles. The van der Waals surface area contributed by atoms with Crippen LogP contribution in [0.3, 0.4) is 0 Å².